The number of rotatable bonds is 3. The van der Waals surface area contributed by atoms with Crippen LogP contribution in [-0.4, -0.2) is 53.8 Å². The maximum atomic E-state index is 12.4. The van der Waals surface area contributed by atoms with Gasteiger partial charge in [0.15, 0.2) is 0 Å². The number of carbonyl (C=O) groups is 2. The second-order valence-electron chi connectivity index (χ2n) is 6.36. The summed E-state index contributed by atoms with van der Waals surface area (Å²) < 4.78 is 5.33. The monoisotopic (exact) mass is 298 g/mol. The van der Waals surface area contributed by atoms with Crippen LogP contribution in [0, 0.1) is 11.8 Å². The Kier molecular flexibility index (Phi) is 5.45. The lowest BCUT2D eigenvalue weighted by Crippen LogP contribution is -2.55. The van der Waals surface area contributed by atoms with Crippen LogP contribution in [0.15, 0.2) is 0 Å². The summed E-state index contributed by atoms with van der Waals surface area (Å²) in [5.74, 6) is -0.145. The first-order chi connectivity index (χ1) is 9.99. The van der Waals surface area contributed by atoms with Gasteiger partial charge in [-0.1, -0.05) is 6.92 Å². The highest BCUT2D eigenvalue weighted by Crippen LogP contribution is 2.24. The molecule has 2 fully saturated rings. The number of carboxylic acids is 1. The summed E-state index contributed by atoms with van der Waals surface area (Å²) in [5.41, 5.74) is 0. The maximum Gasteiger partial charge on any atom is 0.326 e. The van der Waals surface area contributed by atoms with Gasteiger partial charge in [0, 0.05) is 25.8 Å². The minimum absolute atomic E-state index is 0.0511. The van der Waals surface area contributed by atoms with Crippen LogP contribution in [-0.2, 0) is 9.53 Å². The molecular formula is C15H26N2O4. The van der Waals surface area contributed by atoms with Gasteiger partial charge in [0.1, 0.15) is 6.04 Å². The zero-order valence-electron chi connectivity index (χ0n) is 12.9. The van der Waals surface area contributed by atoms with E-state index in [1.54, 1.807) is 0 Å². The summed E-state index contributed by atoms with van der Waals surface area (Å²) in [5, 5.41) is 12.3. The van der Waals surface area contributed by atoms with Crippen molar-refractivity contribution in [1.82, 2.24) is 10.2 Å². The lowest BCUT2D eigenvalue weighted by molar-refractivity contribution is -0.143. The molecule has 2 N–H and O–H groups in total. The number of urea groups is 1. The van der Waals surface area contributed by atoms with Crippen LogP contribution < -0.4 is 5.32 Å². The van der Waals surface area contributed by atoms with Gasteiger partial charge in [0.2, 0.25) is 0 Å². The number of hydrogen-bond donors (Lipinski definition) is 2. The van der Waals surface area contributed by atoms with Crippen molar-refractivity contribution in [3.63, 3.8) is 0 Å². The second kappa shape index (κ2) is 7.11. The normalized spacial score (nSPS) is 29.0. The molecule has 0 spiro atoms. The van der Waals surface area contributed by atoms with E-state index in [1.807, 2.05) is 13.8 Å². The Hall–Kier alpha value is -1.30. The summed E-state index contributed by atoms with van der Waals surface area (Å²) in [6.45, 7) is 6.03. The highest BCUT2D eigenvalue weighted by Gasteiger charge is 2.35. The van der Waals surface area contributed by atoms with Crippen LogP contribution in [0.25, 0.3) is 0 Å². The molecule has 0 aromatic heterocycles. The van der Waals surface area contributed by atoms with Gasteiger partial charge in [-0.3, -0.25) is 0 Å². The number of carbonyl (C=O) groups excluding carboxylic acids is 1. The Labute approximate surface area is 125 Å². The molecule has 0 saturated carbocycles. The van der Waals surface area contributed by atoms with Crippen LogP contribution >= 0.6 is 0 Å². The number of likely N-dealkylation sites (tertiary alicyclic amines) is 1. The van der Waals surface area contributed by atoms with Crippen LogP contribution in [0.3, 0.4) is 0 Å². The summed E-state index contributed by atoms with van der Waals surface area (Å²) in [7, 11) is 0. The summed E-state index contributed by atoms with van der Waals surface area (Å²) in [4.78, 5) is 25.2. The van der Waals surface area contributed by atoms with Gasteiger partial charge < -0.3 is 20.1 Å². The number of nitrogens with zero attached hydrogens (tertiary/aromatic N) is 1. The number of amides is 2. The summed E-state index contributed by atoms with van der Waals surface area (Å²) in [6, 6.07) is -0.890. The molecule has 0 aromatic rings. The van der Waals surface area contributed by atoms with E-state index in [0.29, 0.717) is 24.8 Å². The van der Waals surface area contributed by atoms with E-state index in [4.69, 9.17) is 4.74 Å². The van der Waals surface area contributed by atoms with Crippen molar-refractivity contribution in [2.24, 2.45) is 11.8 Å². The van der Waals surface area contributed by atoms with Crippen LogP contribution in [0.4, 0.5) is 4.79 Å². The molecule has 120 valence electrons. The van der Waals surface area contributed by atoms with Crippen molar-refractivity contribution in [2.75, 3.05) is 19.8 Å². The third kappa shape index (κ3) is 4.09. The van der Waals surface area contributed by atoms with E-state index >= 15 is 0 Å². The fraction of sp³-hybridized carbons (Fsp3) is 0.867. The SMILES string of the molecule is CC1CCN(C(=O)NC(C)C2CCOCC2)C(C(=O)O)C1. The van der Waals surface area contributed by atoms with Gasteiger partial charge in [-0.05, 0) is 44.4 Å². The maximum absolute atomic E-state index is 12.4. The molecule has 2 heterocycles. The first-order valence-electron chi connectivity index (χ1n) is 7.86. The van der Waals surface area contributed by atoms with Crippen molar-refractivity contribution in [1.29, 1.82) is 0 Å². The smallest absolute Gasteiger partial charge is 0.326 e. The Bertz CT molecular complexity index is 382. The summed E-state index contributed by atoms with van der Waals surface area (Å²) in [6.07, 6.45) is 3.29. The fourth-order valence-corrected chi connectivity index (χ4v) is 3.23. The standard InChI is InChI=1S/C15H26N2O4/c1-10-3-6-17(13(9-10)14(18)19)15(20)16-11(2)12-4-7-21-8-5-12/h10-13H,3-9H2,1-2H3,(H,16,20)(H,18,19). The molecule has 21 heavy (non-hydrogen) atoms. The Morgan fingerprint density at radius 3 is 2.57 bits per heavy atom. The van der Waals surface area contributed by atoms with Crippen molar-refractivity contribution in [3.05, 3.63) is 0 Å². The highest BCUT2D eigenvalue weighted by atomic mass is 16.5. The number of carboxylic acid groups (broad SMARTS) is 1. The molecule has 2 saturated heterocycles. The van der Waals surface area contributed by atoms with E-state index < -0.39 is 12.0 Å². The van der Waals surface area contributed by atoms with Gasteiger partial charge in [-0.15, -0.1) is 0 Å². The average molecular weight is 298 g/mol. The van der Waals surface area contributed by atoms with Crippen LogP contribution in [0.1, 0.15) is 39.5 Å². The largest absolute Gasteiger partial charge is 0.480 e. The van der Waals surface area contributed by atoms with E-state index in [0.717, 1.165) is 32.5 Å². The number of piperidine rings is 1. The van der Waals surface area contributed by atoms with Gasteiger partial charge in [-0.2, -0.15) is 0 Å². The van der Waals surface area contributed by atoms with Crippen LogP contribution in [0.5, 0.6) is 0 Å². The molecule has 2 aliphatic rings. The van der Waals surface area contributed by atoms with Gasteiger partial charge >= 0.3 is 12.0 Å². The molecule has 6 nitrogen and oxygen atoms in total. The second-order valence-corrected chi connectivity index (χ2v) is 6.36. The summed E-state index contributed by atoms with van der Waals surface area (Å²) >= 11 is 0. The van der Waals surface area contributed by atoms with E-state index in [2.05, 4.69) is 5.32 Å². The lowest BCUT2D eigenvalue weighted by atomic mass is 9.92. The minimum Gasteiger partial charge on any atom is -0.480 e. The molecule has 2 rings (SSSR count). The lowest BCUT2D eigenvalue weighted by Gasteiger charge is -2.37. The third-order valence-electron chi connectivity index (χ3n) is 4.73. The number of nitrogens with one attached hydrogen (secondary N) is 1. The number of ether oxygens (including phenoxy) is 1. The highest BCUT2D eigenvalue weighted by molar-refractivity contribution is 5.83. The molecule has 6 heteroatoms. The molecule has 2 aliphatic heterocycles. The van der Waals surface area contributed by atoms with E-state index in [1.165, 1.54) is 4.90 Å². The van der Waals surface area contributed by atoms with Crippen LogP contribution in [0.2, 0.25) is 0 Å². The third-order valence-corrected chi connectivity index (χ3v) is 4.73. The van der Waals surface area contributed by atoms with E-state index in [9.17, 15) is 14.7 Å². The first-order valence-corrected chi connectivity index (χ1v) is 7.86. The Balaban J connectivity index is 1.92. The predicted octanol–water partition coefficient (Wildman–Crippen LogP) is 1.70. The van der Waals surface area contributed by atoms with Gasteiger partial charge in [-0.25, -0.2) is 9.59 Å². The van der Waals surface area contributed by atoms with Gasteiger partial charge in [0.25, 0.3) is 0 Å². The molecule has 2 amide bonds. The molecule has 0 bridgehead atoms. The molecule has 3 unspecified atom stereocenters. The van der Waals surface area contributed by atoms with Crippen molar-refractivity contribution >= 4 is 12.0 Å². The molecule has 3 atom stereocenters. The topological polar surface area (TPSA) is 78.9 Å². The first kappa shape index (κ1) is 16.1. The quantitative estimate of drug-likeness (QED) is 0.831. The number of hydrogen-bond acceptors (Lipinski definition) is 3. The van der Waals surface area contributed by atoms with Gasteiger partial charge in [0.05, 0.1) is 0 Å². The van der Waals surface area contributed by atoms with Crippen molar-refractivity contribution in [2.45, 2.75) is 51.6 Å². The zero-order valence-corrected chi connectivity index (χ0v) is 12.9. The molecule has 0 aromatic carbocycles. The van der Waals surface area contributed by atoms with Crippen molar-refractivity contribution in [3.8, 4) is 0 Å². The molecule has 0 radical (unpaired) electrons. The Morgan fingerprint density at radius 1 is 1.29 bits per heavy atom. The average Bonchev–Trinajstić information content (AvgIpc) is 2.47. The predicted molar refractivity (Wildman–Crippen MR) is 78.1 cm³/mol. The zero-order chi connectivity index (χ0) is 15.4. The fourth-order valence-electron chi connectivity index (χ4n) is 3.23. The number of aliphatic carboxylic acids is 1. The Morgan fingerprint density at radius 2 is 1.95 bits per heavy atom. The van der Waals surface area contributed by atoms with E-state index in [-0.39, 0.29) is 12.1 Å². The molecule has 0 aliphatic carbocycles. The molecular weight excluding hydrogens is 272 g/mol. The van der Waals surface area contributed by atoms with Crippen molar-refractivity contribution < 1.29 is 19.4 Å². The minimum atomic E-state index is -0.907.